The van der Waals surface area contributed by atoms with Gasteiger partial charge < -0.3 is 4.90 Å². The number of hydrogen-bond acceptors (Lipinski definition) is 3. The molecule has 3 rings (SSSR count). The Morgan fingerprint density at radius 3 is 2.31 bits per heavy atom. The maximum Gasteiger partial charge on any atom is 0.225 e. The van der Waals surface area contributed by atoms with Crippen molar-refractivity contribution < 1.29 is 13.2 Å². The summed E-state index contributed by atoms with van der Waals surface area (Å²) in [6.45, 7) is 1.21. The zero-order valence-corrected chi connectivity index (χ0v) is 18.6. The molecule has 1 aliphatic rings. The number of hydrogen-bond donors (Lipinski definition) is 0. The number of piperidine rings is 1. The smallest absolute Gasteiger partial charge is 0.225 e. The van der Waals surface area contributed by atoms with E-state index in [1.54, 1.807) is 48.3 Å². The van der Waals surface area contributed by atoms with E-state index < -0.39 is 10.0 Å². The topological polar surface area (TPSA) is 57.7 Å². The first-order valence-electron chi connectivity index (χ1n) is 9.46. The van der Waals surface area contributed by atoms with Gasteiger partial charge in [-0.15, -0.1) is 0 Å². The van der Waals surface area contributed by atoms with Gasteiger partial charge in [0.2, 0.25) is 15.9 Å². The highest BCUT2D eigenvalue weighted by molar-refractivity contribution is 7.88. The normalized spacial score (nSPS) is 16.0. The number of sulfonamides is 1. The van der Waals surface area contributed by atoms with Crippen LogP contribution in [0.5, 0.6) is 0 Å². The van der Waals surface area contributed by atoms with Crippen molar-refractivity contribution in [2.45, 2.75) is 25.1 Å². The first-order valence-corrected chi connectivity index (χ1v) is 11.8. The van der Waals surface area contributed by atoms with Gasteiger partial charge in [-0.2, -0.15) is 0 Å². The van der Waals surface area contributed by atoms with Gasteiger partial charge in [0, 0.05) is 42.6 Å². The van der Waals surface area contributed by atoms with Gasteiger partial charge in [0.05, 0.1) is 5.75 Å². The number of halogens is 2. The highest BCUT2D eigenvalue weighted by atomic mass is 35.5. The Kier molecular flexibility index (Phi) is 7.22. The van der Waals surface area contributed by atoms with Crippen LogP contribution < -0.4 is 0 Å². The number of carbonyl (C=O) groups excluding carboxylic acids is 1. The molecule has 1 saturated heterocycles. The number of amides is 1. The van der Waals surface area contributed by atoms with Crippen molar-refractivity contribution in [3.8, 4) is 0 Å². The fraction of sp³-hybridized carbons (Fsp3) is 0.381. The van der Waals surface area contributed by atoms with Crippen LogP contribution in [-0.4, -0.2) is 43.7 Å². The van der Waals surface area contributed by atoms with Gasteiger partial charge in [0.1, 0.15) is 0 Å². The molecule has 0 aliphatic carbocycles. The van der Waals surface area contributed by atoms with Gasteiger partial charge in [-0.3, -0.25) is 4.79 Å². The molecule has 2 aromatic rings. The van der Waals surface area contributed by atoms with Gasteiger partial charge in [0.15, 0.2) is 0 Å². The van der Waals surface area contributed by atoms with Gasteiger partial charge in [-0.1, -0.05) is 47.5 Å². The molecule has 0 bridgehead atoms. The minimum atomic E-state index is -3.44. The Hall–Kier alpha value is -1.60. The summed E-state index contributed by atoms with van der Waals surface area (Å²) in [5.74, 6) is -0.195. The molecule has 29 heavy (non-hydrogen) atoms. The van der Waals surface area contributed by atoms with E-state index in [1.165, 1.54) is 4.31 Å². The first kappa shape index (κ1) is 22.1. The highest BCUT2D eigenvalue weighted by Crippen LogP contribution is 2.24. The Morgan fingerprint density at radius 1 is 1.03 bits per heavy atom. The summed E-state index contributed by atoms with van der Waals surface area (Å²) in [5.41, 5.74) is 1.67. The molecule has 1 amide bonds. The summed E-state index contributed by atoms with van der Waals surface area (Å²) in [6, 6.07) is 14.3. The minimum absolute atomic E-state index is 0.0480. The summed E-state index contributed by atoms with van der Waals surface area (Å²) in [7, 11) is -1.66. The monoisotopic (exact) mass is 454 g/mol. The second kappa shape index (κ2) is 9.47. The molecule has 0 N–H and O–H groups in total. The predicted molar refractivity (Wildman–Crippen MR) is 116 cm³/mol. The first-order chi connectivity index (χ1) is 13.7. The van der Waals surface area contributed by atoms with Crippen LogP contribution in [0.15, 0.2) is 48.5 Å². The van der Waals surface area contributed by atoms with Gasteiger partial charge in [-0.25, -0.2) is 12.7 Å². The molecule has 1 fully saturated rings. The average Bonchev–Trinajstić information content (AvgIpc) is 2.69. The third-order valence-corrected chi connectivity index (χ3v) is 7.48. The van der Waals surface area contributed by atoms with E-state index in [4.69, 9.17) is 23.2 Å². The molecule has 8 heteroatoms. The lowest BCUT2D eigenvalue weighted by Crippen LogP contribution is -2.43. The second-order valence-corrected chi connectivity index (χ2v) is 10.2. The molecule has 1 heterocycles. The molecule has 0 saturated carbocycles. The van der Waals surface area contributed by atoms with Crippen LogP contribution in [0.1, 0.15) is 24.0 Å². The number of nitrogens with zero attached hydrogens (tertiary/aromatic N) is 2. The van der Waals surface area contributed by atoms with E-state index >= 15 is 0 Å². The maximum absolute atomic E-state index is 12.8. The summed E-state index contributed by atoms with van der Waals surface area (Å²) in [4.78, 5) is 14.5. The van der Waals surface area contributed by atoms with Gasteiger partial charge >= 0.3 is 0 Å². The van der Waals surface area contributed by atoms with E-state index in [0.29, 0.717) is 48.1 Å². The molecule has 2 aromatic carbocycles. The zero-order chi connectivity index (χ0) is 21.0. The molecule has 5 nitrogen and oxygen atoms in total. The second-order valence-electron chi connectivity index (χ2n) is 7.38. The van der Waals surface area contributed by atoms with Crippen molar-refractivity contribution in [3.63, 3.8) is 0 Å². The highest BCUT2D eigenvalue weighted by Gasteiger charge is 2.32. The molecular formula is C21H24Cl2N2O3S. The zero-order valence-electron chi connectivity index (χ0n) is 16.2. The van der Waals surface area contributed by atoms with E-state index in [9.17, 15) is 13.2 Å². The Balaban J connectivity index is 1.54. The van der Waals surface area contributed by atoms with E-state index in [0.717, 1.165) is 5.56 Å². The van der Waals surface area contributed by atoms with E-state index in [1.807, 2.05) is 12.1 Å². The van der Waals surface area contributed by atoms with Crippen LogP contribution in [0.3, 0.4) is 0 Å². The maximum atomic E-state index is 12.8. The summed E-state index contributed by atoms with van der Waals surface area (Å²) in [5, 5.41) is 1.18. The van der Waals surface area contributed by atoms with Crippen molar-refractivity contribution in [1.82, 2.24) is 9.21 Å². The lowest BCUT2D eigenvalue weighted by atomic mass is 9.96. The van der Waals surface area contributed by atoms with Gasteiger partial charge in [0.25, 0.3) is 0 Å². The minimum Gasteiger partial charge on any atom is -0.341 e. The number of benzene rings is 2. The molecule has 0 atom stereocenters. The average molecular weight is 455 g/mol. The third kappa shape index (κ3) is 5.95. The molecule has 0 radical (unpaired) electrons. The van der Waals surface area contributed by atoms with Crippen LogP contribution in [0, 0.1) is 5.92 Å². The van der Waals surface area contributed by atoms with Crippen LogP contribution in [0.25, 0.3) is 0 Å². The lowest BCUT2D eigenvalue weighted by molar-refractivity contribution is -0.135. The fourth-order valence-electron chi connectivity index (χ4n) is 3.56. The van der Waals surface area contributed by atoms with Crippen molar-refractivity contribution in [1.29, 1.82) is 0 Å². The van der Waals surface area contributed by atoms with Crippen molar-refractivity contribution >= 4 is 39.1 Å². The van der Waals surface area contributed by atoms with Crippen molar-refractivity contribution in [3.05, 3.63) is 69.7 Å². The standard InChI is InChI=1S/C21H24Cl2N2O3S/c1-24(14-16-5-7-19(22)8-6-16)21(26)18-9-11-25(12-10-18)29(27,28)15-17-3-2-4-20(23)13-17/h2-8,13,18H,9-12,14-15H2,1H3. The fourth-order valence-corrected chi connectivity index (χ4v) is 5.45. The molecule has 156 valence electrons. The Bertz CT molecular complexity index is 956. The predicted octanol–water partition coefficient (Wildman–Crippen LogP) is 4.19. The van der Waals surface area contributed by atoms with E-state index in [2.05, 4.69) is 0 Å². The summed E-state index contributed by atoms with van der Waals surface area (Å²) >= 11 is 11.9. The SMILES string of the molecule is CN(Cc1ccc(Cl)cc1)C(=O)C1CCN(S(=O)(=O)Cc2cccc(Cl)c2)CC1. The third-order valence-electron chi connectivity index (χ3n) is 5.14. The van der Waals surface area contributed by atoms with Crippen LogP contribution >= 0.6 is 23.2 Å². The Morgan fingerprint density at radius 2 is 1.69 bits per heavy atom. The summed E-state index contributed by atoms with van der Waals surface area (Å²) in [6.07, 6.45) is 1.05. The Labute approximate surface area is 182 Å². The van der Waals surface area contributed by atoms with Gasteiger partial charge in [-0.05, 0) is 48.2 Å². The molecule has 0 unspecified atom stereocenters. The quantitative estimate of drug-likeness (QED) is 0.656. The number of rotatable bonds is 6. The van der Waals surface area contributed by atoms with Crippen molar-refractivity contribution in [2.75, 3.05) is 20.1 Å². The van der Waals surface area contributed by atoms with E-state index in [-0.39, 0.29) is 17.6 Å². The molecular weight excluding hydrogens is 431 g/mol. The van der Waals surface area contributed by atoms with Crippen LogP contribution in [0.2, 0.25) is 10.0 Å². The summed E-state index contributed by atoms with van der Waals surface area (Å²) < 4.78 is 26.9. The molecule has 1 aliphatic heterocycles. The lowest BCUT2D eigenvalue weighted by Gasteiger charge is -2.32. The van der Waals surface area contributed by atoms with Crippen molar-refractivity contribution in [2.24, 2.45) is 5.92 Å². The van der Waals surface area contributed by atoms with Crippen LogP contribution in [0.4, 0.5) is 0 Å². The molecule has 0 spiro atoms. The number of carbonyl (C=O) groups is 1. The molecule has 0 aromatic heterocycles. The largest absolute Gasteiger partial charge is 0.341 e. The van der Waals surface area contributed by atoms with Crippen LogP contribution in [-0.2, 0) is 27.1 Å².